The monoisotopic (exact) mass is 632 g/mol. The van der Waals surface area contributed by atoms with Crippen molar-refractivity contribution in [3.05, 3.63) is 126 Å². The maximum absolute atomic E-state index is 14.2. The zero-order valence-corrected chi connectivity index (χ0v) is 26.7. The third-order valence-electron chi connectivity index (χ3n) is 9.36. The van der Waals surface area contributed by atoms with E-state index in [1.54, 1.807) is 11.2 Å². The Kier molecular flexibility index (Phi) is 8.93. The molecule has 0 aliphatic carbocycles. The number of amides is 4. The fourth-order valence-corrected chi connectivity index (χ4v) is 7.22. The third kappa shape index (κ3) is 5.91. The molecule has 4 amide bonds. The van der Waals surface area contributed by atoms with Crippen LogP contribution in [0.15, 0.2) is 104 Å². The number of hydrogen-bond acceptors (Lipinski definition) is 5. The van der Waals surface area contributed by atoms with Crippen LogP contribution in [-0.2, 0) is 31.1 Å². The van der Waals surface area contributed by atoms with Gasteiger partial charge in [0.1, 0.15) is 23.7 Å². The molecule has 3 atom stereocenters. The van der Waals surface area contributed by atoms with Gasteiger partial charge in [0.2, 0.25) is 23.6 Å². The Bertz CT molecular complexity index is 1640. The van der Waals surface area contributed by atoms with E-state index in [9.17, 15) is 19.2 Å². The molecular formula is C37H40N6O4. The fraction of sp³-hybridized carbons (Fsp3) is 0.324. The molecular weight excluding hydrogens is 592 g/mol. The number of imidazole rings is 1. The Morgan fingerprint density at radius 3 is 1.91 bits per heavy atom. The second-order valence-electron chi connectivity index (χ2n) is 12.6. The van der Waals surface area contributed by atoms with Crippen molar-refractivity contribution in [1.82, 2.24) is 24.7 Å². The zero-order valence-electron chi connectivity index (χ0n) is 26.7. The standard InChI is InChI=1S/C37H40N6O4/c1-25(2)33(34(38)45)43-21-20-42(35(46)30-18-19-32(44)40-30)31(36(43)47)22-29-23-41(24-39-29)37(26-12-6-3-7-13-26,27-14-8-4-9-15-27)28-16-10-5-11-17-28/h3-17,23-25,30-31,33H,18-22H2,1-2H3,(H2,38,45)(H,40,44)/t30-,31-,33-/m0/s1. The van der Waals surface area contributed by atoms with Gasteiger partial charge in [-0.25, -0.2) is 4.98 Å². The molecule has 3 aromatic carbocycles. The first-order valence-corrected chi connectivity index (χ1v) is 16.1. The molecule has 10 nitrogen and oxygen atoms in total. The van der Waals surface area contributed by atoms with Gasteiger partial charge in [-0.2, -0.15) is 0 Å². The van der Waals surface area contributed by atoms with Crippen LogP contribution in [0.4, 0.5) is 0 Å². The number of rotatable bonds is 10. The number of benzene rings is 3. The summed E-state index contributed by atoms with van der Waals surface area (Å²) < 4.78 is 2.07. The molecule has 0 unspecified atom stereocenters. The predicted octanol–water partition coefficient (Wildman–Crippen LogP) is 3.09. The van der Waals surface area contributed by atoms with Crippen LogP contribution in [0.25, 0.3) is 0 Å². The van der Waals surface area contributed by atoms with Crippen molar-refractivity contribution in [2.45, 2.75) is 56.8 Å². The van der Waals surface area contributed by atoms with Crippen LogP contribution in [0, 0.1) is 5.92 Å². The van der Waals surface area contributed by atoms with Gasteiger partial charge < -0.3 is 25.4 Å². The van der Waals surface area contributed by atoms with Gasteiger partial charge in [-0.05, 0) is 29.0 Å². The molecule has 6 rings (SSSR count). The molecule has 0 radical (unpaired) electrons. The highest BCUT2D eigenvalue weighted by Gasteiger charge is 2.45. The number of aromatic nitrogens is 2. The van der Waals surface area contributed by atoms with Gasteiger partial charge in [-0.3, -0.25) is 19.2 Å². The van der Waals surface area contributed by atoms with Gasteiger partial charge in [0, 0.05) is 32.1 Å². The summed E-state index contributed by atoms with van der Waals surface area (Å²) >= 11 is 0. The summed E-state index contributed by atoms with van der Waals surface area (Å²) in [6, 6.07) is 28.1. The smallest absolute Gasteiger partial charge is 0.246 e. The average molecular weight is 633 g/mol. The SMILES string of the molecule is CC(C)[C@@H](C(N)=O)N1CCN(C(=O)[C@@H]2CCC(=O)N2)[C@@H](Cc2cn(C(c3ccccc3)(c3ccccc3)c3ccccc3)cn2)C1=O. The number of nitrogens with one attached hydrogen (secondary N) is 1. The van der Waals surface area contributed by atoms with Crippen LogP contribution in [0.5, 0.6) is 0 Å². The molecule has 2 fully saturated rings. The van der Waals surface area contributed by atoms with E-state index < -0.39 is 29.6 Å². The summed E-state index contributed by atoms with van der Waals surface area (Å²) in [5.74, 6) is -1.65. The van der Waals surface area contributed by atoms with Crippen molar-refractivity contribution in [2.24, 2.45) is 11.7 Å². The number of carbonyl (C=O) groups is 4. The lowest BCUT2D eigenvalue weighted by molar-refractivity contribution is -0.157. The number of primary amides is 1. The van der Waals surface area contributed by atoms with Crippen molar-refractivity contribution in [2.75, 3.05) is 13.1 Å². The van der Waals surface area contributed by atoms with Crippen LogP contribution in [0.2, 0.25) is 0 Å². The molecule has 47 heavy (non-hydrogen) atoms. The number of nitrogens with two attached hydrogens (primary N) is 1. The second-order valence-corrected chi connectivity index (χ2v) is 12.6. The Hall–Kier alpha value is -5.25. The number of hydrogen-bond donors (Lipinski definition) is 2. The highest BCUT2D eigenvalue weighted by atomic mass is 16.2. The van der Waals surface area contributed by atoms with Crippen LogP contribution in [-0.4, -0.2) is 74.2 Å². The van der Waals surface area contributed by atoms with E-state index in [0.717, 1.165) is 16.7 Å². The Balaban J connectivity index is 1.43. The maximum Gasteiger partial charge on any atom is 0.246 e. The Morgan fingerprint density at radius 2 is 1.45 bits per heavy atom. The summed E-state index contributed by atoms with van der Waals surface area (Å²) in [4.78, 5) is 60.4. The third-order valence-corrected chi connectivity index (χ3v) is 9.36. The summed E-state index contributed by atoms with van der Waals surface area (Å²) in [5.41, 5.74) is 8.66. The molecule has 3 heterocycles. The van der Waals surface area contributed by atoms with Crippen LogP contribution < -0.4 is 11.1 Å². The molecule has 10 heteroatoms. The number of carbonyl (C=O) groups excluding carboxylic acids is 4. The van der Waals surface area contributed by atoms with E-state index in [4.69, 9.17) is 10.7 Å². The first kappa shape index (κ1) is 31.7. The van der Waals surface area contributed by atoms with Crippen molar-refractivity contribution in [1.29, 1.82) is 0 Å². The second kappa shape index (κ2) is 13.2. The largest absolute Gasteiger partial charge is 0.368 e. The van der Waals surface area contributed by atoms with E-state index in [2.05, 4.69) is 46.3 Å². The average Bonchev–Trinajstić information content (AvgIpc) is 3.73. The highest BCUT2D eigenvalue weighted by Crippen LogP contribution is 2.41. The molecule has 1 aromatic heterocycles. The topological polar surface area (TPSA) is 131 Å². The first-order chi connectivity index (χ1) is 22.7. The quantitative estimate of drug-likeness (QED) is 0.260. The van der Waals surface area contributed by atoms with E-state index in [0.29, 0.717) is 12.1 Å². The minimum absolute atomic E-state index is 0.118. The normalized spacial score (nSPS) is 19.1. The zero-order chi connectivity index (χ0) is 33.1. The fourth-order valence-electron chi connectivity index (χ4n) is 7.22. The van der Waals surface area contributed by atoms with Gasteiger partial charge in [-0.15, -0.1) is 0 Å². The first-order valence-electron chi connectivity index (χ1n) is 16.1. The molecule has 0 bridgehead atoms. The number of piperazine rings is 1. The van der Waals surface area contributed by atoms with Crippen molar-refractivity contribution in [3.63, 3.8) is 0 Å². The molecule has 2 aliphatic heterocycles. The van der Waals surface area contributed by atoms with E-state index >= 15 is 0 Å². The lowest BCUT2D eigenvalue weighted by Gasteiger charge is -2.44. The molecule has 2 aliphatic rings. The van der Waals surface area contributed by atoms with Gasteiger partial charge in [-0.1, -0.05) is 105 Å². The highest BCUT2D eigenvalue weighted by molar-refractivity contribution is 5.96. The lowest BCUT2D eigenvalue weighted by atomic mass is 9.77. The summed E-state index contributed by atoms with van der Waals surface area (Å²) in [6.07, 6.45) is 4.46. The molecule has 0 saturated carbocycles. The van der Waals surface area contributed by atoms with E-state index in [1.165, 1.54) is 4.90 Å². The summed E-state index contributed by atoms with van der Waals surface area (Å²) in [6.45, 7) is 4.07. The lowest BCUT2D eigenvalue weighted by Crippen LogP contribution is -2.66. The van der Waals surface area contributed by atoms with Gasteiger partial charge in [0.25, 0.3) is 0 Å². The van der Waals surface area contributed by atoms with Gasteiger partial charge in [0.05, 0.1) is 12.0 Å². The minimum Gasteiger partial charge on any atom is -0.368 e. The predicted molar refractivity (Wildman–Crippen MR) is 177 cm³/mol. The van der Waals surface area contributed by atoms with Gasteiger partial charge in [0.15, 0.2) is 0 Å². The number of nitrogens with zero attached hydrogens (tertiary/aromatic N) is 4. The molecule has 4 aromatic rings. The molecule has 242 valence electrons. The van der Waals surface area contributed by atoms with Crippen molar-refractivity contribution < 1.29 is 19.2 Å². The van der Waals surface area contributed by atoms with Crippen LogP contribution in [0.1, 0.15) is 49.1 Å². The van der Waals surface area contributed by atoms with E-state index in [-0.39, 0.29) is 49.6 Å². The van der Waals surface area contributed by atoms with Gasteiger partial charge >= 0.3 is 0 Å². The Labute approximate surface area is 274 Å². The minimum atomic E-state index is -0.933. The van der Waals surface area contributed by atoms with E-state index in [1.807, 2.05) is 74.6 Å². The van der Waals surface area contributed by atoms with Crippen molar-refractivity contribution in [3.8, 4) is 0 Å². The van der Waals surface area contributed by atoms with Crippen LogP contribution >= 0.6 is 0 Å². The molecule has 0 spiro atoms. The van der Waals surface area contributed by atoms with Crippen LogP contribution in [0.3, 0.4) is 0 Å². The van der Waals surface area contributed by atoms with Crippen molar-refractivity contribution >= 4 is 23.6 Å². The summed E-state index contributed by atoms with van der Waals surface area (Å²) in [7, 11) is 0. The maximum atomic E-state index is 14.2. The molecule has 3 N–H and O–H groups in total. The summed E-state index contributed by atoms with van der Waals surface area (Å²) in [5, 5.41) is 2.75. The Morgan fingerprint density at radius 1 is 0.894 bits per heavy atom. The molecule has 2 saturated heterocycles.